The van der Waals surface area contributed by atoms with E-state index >= 15 is 0 Å². The molecule has 0 aromatic rings. The molecule has 1 unspecified atom stereocenters. The zero-order valence-electron chi connectivity index (χ0n) is 12.0. The Labute approximate surface area is 106 Å². The van der Waals surface area contributed by atoms with Crippen LogP contribution in [0.15, 0.2) is 0 Å². The molecule has 0 aromatic carbocycles. The van der Waals surface area contributed by atoms with Crippen LogP contribution in [0.25, 0.3) is 0 Å². The topological polar surface area (TPSA) is 46.3 Å². The highest BCUT2D eigenvalue weighted by atomic mass is 16.2. The first kappa shape index (κ1) is 14.5. The zero-order chi connectivity index (χ0) is 13.3. The normalized spacial score (nSPS) is 23.4. The lowest BCUT2D eigenvalue weighted by Crippen LogP contribution is -2.57. The van der Waals surface area contributed by atoms with Gasteiger partial charge in [0.05, 0.1) is 5.41 Å². The van der Waals surface area contributed by atoms with Gasteiger partial charge in [0.2, 0.25) is 5.91 Å². The highest BCUT2D eigenvalue weighted by molar-refractivity contribution is 5.83. The van der Waals surface area contributed by atoms with E-state index in [1.807, 2.05) is 32.6 Å². The van der Waals surface area contributed by atoms with Crippen LogP contribution in [-0.4, -0.2) is 28.9 Å². The van der Waals surface area contributed by atoms with Gasteiger partial charge in [0.15, 0.2) is 0 Å². The van der Waals surface area contributed by atoms with Crippen LogP contribution >= 0.6 is 0 Å². The van der Waals surface area contributed by atoms with E-state index in [0.717, 1.165) is 19.4 Å². The maximum Gasteiger partial charge on any atom is 0.230 e. The van der Waals surface area contributed by atoms with Crippen molar-refractivity contribution in [3.63, 3.8) is 0 Å². The number of likely N-dealkylation sites (tertiary alicyclic amines) is 1. The molecule has 1 atom stereocenters. The van der Waals surface area contributed by atoms with E-state index in [-0.39, 0.29) is 5.91 Å². The third-order valence-electron chi connectivity index (χ3n) is 4.46. The Bertz CT molecular complexity index is 278. The number of nitrogens with two attached hydrogens (primary N) is 1. The molecular weight excluding hydrogens is 212 g/mol. The van der Waals surface area contributed by atoms with Crippen molar-refractivity contribution in [1.82, 2.24) is 4.90 Å². The third kappa shape index (κ3) is 3.01. The molecule has 1 aliphatic heterocycles. The Morgan fingerprint density at radius 1 is 1.18 bits per heavy atom. The van der Waals surface area contributed by atoms with E-state index in [9.17, 15) is 4.79 Å². The molecule has 17 heavy (non-hydrogen) atoms. The number of carbonyl (C=O) groups excluding carboxylic acids is 1. The summed E-state index contributed by atoms with van der Waals surface area (Å²) in [5.74, 6) is 0.208. The van der Waals surface area contributed by atoms with Crippen molar-refractivity contribution in [3.05, 3.63) is 0 Å². The van der Waals surface area contributed by atoms with Crippen LogP contribution in [0, 0.1) is 5.41 Å². The minimum absolute atomic E-state index is 0.208. The molecule has 0 aromatic heterocycles. The largest absolute Gasteiger partial charge is 0.339 e. The van der Waals surface area contributed by atoms with Gasteiger partial charge >= 0.3 is 0 Å². The predicted molar refractivity (Wildman–Crippen MR) is 71.7 cm³/mol. The van der Waals surface area contributed by atoms with E-state index in [0.29, 0.717) is 6.04 Å². The fraction of sp³-hybridized carbons (Fsp3) is 0.929. The number of carbonyl (C=O) groups is 1. The lowest BCUT2D eigenvalue weighted by atomic mass is 9.74. The molecule has 0 bridgehead atoms. The first-order valence-electron chi connectivity index (χ1n) is 6.78. The van der Waals surface area contributed by atoms with Crippen molar-refractivity contribution in [2.75, 3.05) is 6.54 Å². The smallest absolute Gasteiger partial charge is 0.230 e. The Hall–Kier alpha value is -0.570. The van der Waals surface area contributed by atoms with Gasteiger partial charge in [-0.15, -0.1) is 0 Å². The summed E-state index contributed by atoms with van der Waals surface area (Å²) < 4.78 is 0. The van der Waals surface area contributed by atoms with Gasteiger partial charge in [0.25, 0.3) is 0 Å². The monoisotopic (exact) mass is 240 g/mol. The van der Waals surface area contributed by atoms with E-state index in [2.05, 4.69) is 6.92 Å². The van der Waals surface area contributed by atoms with Crippen LogP contribution in [0.3, 0.4) is 0 Å². The molecular formula is C14H28N2O. The Balaban J connectivity index is 2.87. The highest BCUT2D eigenvalue weighted by Gasteiger charge is 2.43. The summed E-state index contributed by atoms with van der Waals surface area (Å²) in [5, 5.41) is 0. The zero-order valence-corrected chi connectivity index (χ0v) is 12.0. The number of rotatable bonds is 2. The summed E-state index contributed by atoms with van der Waals surface area (Å²) in [6, 6.07) is 0.353. The molecule has 0 aliphatic carbocycles. The summed E-state index contributed by atoms with van der Waals surface area (Å²) in [6.45, 7) is 10.9. The van der Waals surface area contributed by atoms with Crippen molar-refractivity contribution < 1.29 is 4.79 Å². The summed E-state index contributed by atoms with van der Waals surface area (Å²) in [4.78, 5) is 14.7. The van der Waals surface area contributed by atoms with Crippen molar-refractivity contribution in [3.8, 4) is 0 Å². The molecule has 0 radical (unpaired) electrons. The standard InChI is InChI=1S/C14H28N2O/c1-11-9-7-6-8-10-16(11)12(17)13(2,3)14(4,5)15/h11H,6-10,15H2,1-5H3. The molecule has 3 heteroatoms. The summed E-state index contributed by atoms with van der Waals surface area (Å²) in [6.07, 6.45) is 4.71. The molecule has 0 saturated carbocycles. The molecule has 1 rings (SSSR count). The maximum absolute atomic E-state index is 12.7. The lowest BCUT2D eigenvalue weighted by molar-refractivity contribution is -0.145. The lowest BCUT2D eigenvalue weighted by Gasteiger charge is -2.42. The number of hydrogen-bond acceptors (Lipinski definition) is 2. The van der Waals surface area contributed by atoms with Gasteiger partial charge in [-0.25, -0.2) is 0 Å². The van der Waals surface area contributed by atoms with E-state index in [1.54, 1.807) is 0 Å². The van der Waals surface area contributed by atoms with E-state index < -0.39 is 11.0 Å². The molecule has 0 spiro atoms. The van der Waals surface area contributed by atoms with Gasteiger partial charge in [0, 0.05) is 18.1 Å². The van der Waals surface area contributed by atoms with Gasteiger partial charge < -0.3 is 10.6 Å². The molecule has 1 saturated heterocycles. The number of amides is 1. The van der Waals surface area contributed by atoms with Gasteiger partial charge in [0.1, 0.15) is 0 Å². The fourth-order valence-electron chi connectivity index (χ4n) is 2.21. The van der Waals surface area contributed by atoms with Gasteiger partial charge in [-0.1, -0.05) is 12.8 Å². The van der Waals surface area contributed by atoms with Crippen molar-refractivity contribution in [1.29, 1.82) is 0 Å². The number of nitrogens with zero attached hydrogens (tertiary/aromatic N) is 1. The summed E-state index contributed by atoms with van der Waals surface area (Å²) in [7, 11) is 0. The second-order valence-electron chi connectivity index (χ2n) is 6.54. The first-order chi connectivity index (χ1) is 7.68. The number of hydrogen-bond donors (Lipinski definition) is 1. The Morgan fingerprint density at radius 2 is 1.76 bits per heavy atom. The van der Waals surface area contributed by atoms with Crippen LogP contribution in [0.2, 0.25) is 0 Å². The molecule has 3 nitrogen and oxygen atoms in total. The summed E-state index contributed by atoms with van der Waals surface area (Å²) >= 11 is 0. The fourth-order valence-corrected chi connectivity index (χ4v) is 2.21. The first-order valence-corrected chi connectivity index (χ1v) is 6.78. The van der Waals surface area contributed by atoms with Crippen LogP contribution in [0.4, 0.5) is 0 Å². The van der Waals surface area contributed by atoms with Crippen LogP contribution < -0.4 is 5.73 Å². The maximum atomic E-state index is 12.7. The Kier molecular flexibility index (Phi) is 4.23. The second-order valence-corrected chi connectivity index (χ2v) is 6.54. The van der Waals surface area contributed by atoms with Gasteiger partial charge in [-0.05, 0) is 47.5 Å². The molecule has 1 heterocycles. The predicted octanol–water partition coefficient (Wildman–Crippen LogP) is 2.54. The van der Waals surface area contributed by atoms with Crippen molar-refractivity contribution in [2.45, 2.75) is 71.9 Å². The van der Waals surface area contributed by atoms with Crippen LogP contribution in [0.5, 0.6) is 0 Å². The van der Waals surface area contributed by atoms with Crippen molar-refractivity contribution >= 4 is 5.91 Å². The second kappa shape index (κ2) is 4.97. The minimum Gasteiger partial charge on any atom is -0.339 e. The SMILES string of the molecule is CC1CCCCCN1C(=O)C(C)(C)C(C)(C)N. The van der Waals surface area contributed by atoms with E-state index in [1.165, 1.54) is 12.8 Å². The van der Waals surface area contributed by atoms with Gasteiger partial charge in [-0.3, -0.25) is 4.79 Å². The van der Waals surface area contributed by atoms with Crippen molar-refractivity contribution in [2.24, 2.45) is 11.1 Å². The third-order valence-corrected chi connectivity index (χ3v) is 4.46. The molecule has 100 valence electrons. The van der Waals surface area contributed by atoms with Crippen LogP contribution in [-0.2, 0) is 4.79 Å². The van der Waals surface area contributed by atoms with Crippen LogP contribution in [0.1, 0.15) is 60.3 Å². The molecule has 1 fully saturated rings. The van der Waals surface area contributed by atoms with Gasteiger partial charge in [-0.2, -0.15) is 0 Å². The molecule has 1 amide bonds. The summed E-state index contributed by atoms with van der Waals surface area (Å²) in [5.41, 5.74) is 5.16. The average Bonchev–Trinajstić information content (AvgIpc) is 2.40. The highest BCUT2D eigenvalue weighted by Crippen LogP contribution is 2.32. The minimum atomic E-state index is -0.508. The quantitative estimate of drug-likeness (QED) is 0.806. The van der Waals surface area contributed by atoms with E-state index in [4.69, 9.17) is 5.73 Å². The average molecular weight is 240 g/mol. The molecule has 1 aliphatic rings. The Morgan fingerprint density at radius 3 is 2.29 bits per heavy atom. The molecule has 2 N–H and O–H groups in total.